The Bertz CT molecular complexity index is 510. The maximum Gasteiger partial charge on any atom is 0.143 e. The molecule has 1 aromatic carbocycles. The van der Waals surface area contributed by atoms with Crippen LogP contribution in [0.3, 0.4) is 0 Å². The van der Waals surface area contributed by atoms with Crippen LogP contribution in [0.2, 0.25) is 15.1 Å². The number of phenolic OH excluding ortho intramolecular Hbond substituents is 1. The van der Waals surface area contributed by atoms with Crippen LogP contribution in [0.4, 0.5) is 0 Å². The first kappa shape index (κ1) is 10.6. The van der Waals surface area contributed by atoms with Gasteiger partial charge in [0, 0.05) is 10.6 Å². The topological polar surface area (TPSA) is 48.9 Å². The molecule has 2 aromatic rings. The zero-order valence-electron chi connectivity index (χ0n) is 7.26. The number of nitrogens with one attached hydrogen (secondary N) is 1. The van der Waals surface area contributed by atoms with E-state index in [-0.39, 0.29) is 10.8 Å². The number of phenols is 1. The molecule has 2 N–H and O–H groups in total. The van der Waals surface area contributed by atoms with Crippen molar-refractivity contribution in [2.75, 3.05) is 0 Å². The van der Waals surface area contributed by atoms with Crippen LogP contribution in [0.1, 0.15) is 0 Å². The molecule has 0 aliphatic rings. The Morgan fingerprint density at radius 3 is 2.47 bits per heavy atom. The zero-order valence-corrected chi connectivity index (χ0v) is 9.53. The molecule has 0 aliphatic heterocycles. The van der Waals surface area contributed by atoms with Crippen molar-refractivity contribution in [3.8, 4) is 17.0 Å². The molecule has 0 atom stereocenters. The van der Waals surface area contributed by atoms with E-state index in [9.17, 15) is 5.11 Å². The zero-order chi connectivity index (χ0) is 11.0. The van der Waals surface area contributed by atoms with Gasteiger partial charge < -0.3 is 5.11 Å². The van der Waals surface area contributed by atoms with Crippen molar-refractivity contribution < 1.29 is 5.11 Å². The molecule has 1 heterocycles. The Labute approximate surface area is 101 Å². The molecule has 0 saturated heterocycles. The average molecular weight is 264 g/mol. The van der Waals surface area contributed by atoms with Gasteiger partial charge in [-0.05, 0) is 12.1 Å². The third-order valence-corrected chi connectivity index (χ3v) is 2.68. The number of halogens is 3. The van der Waals surface area contributed by atoms with Gasteiger partial charge in [-0.2, -0.15) is 5.10 Å². The molecule has 0 fully saturated rings. The summed E-state index contributed by atoms with van der Waals surface area (Å²) in [5, 5.41) is 17.1. The van der Waals surface area contributed by atoms with Crippen molar-refractivity contribution in [3.05, 3.63) is 33.4 Å². The molecule has 0 saturated carbocycles. The van der Waals surface area contributed by atoms with E-state index in [2.05, 4.69) is 10.2 Å². The molecule has 0 radical (unpaired) electrons. The van der Waals surface area contributed by atoms with Gasteiger partial charge in [0.05, 0.1) is 21.9 Å². The van der Waals surface area contributed by atoms with Gasteiger partial charge in [-0.3, -0.25) is 5.10 Å². The van der Waals surface area contributed by atoms with E-state index >= 15 is 0 Å². The summed E-state index contributed by atoms with van der Waals surface area (Å²) < 4.78 is 0. The minimum atomic E-state index is -0.0767. The molecule has 1 aromatic heterocycles. The normalized spacial score (nSPS) is 10.6. The number of aromatic nitrogens is 2. The standard InChI is InChI=1S/C9H5Cl3N2O/c10-4-1-5(9(15)6(11)2-4)8-7(12)3-13-14-8/h1-3,15H,(H,13,14). The minimum Gasteiger partial charge on any atom is -0.506 e. The summed E-state index contributed by atoms with van der Waals surface area (Å²) in [6.45, 7) is 0. The highest BCUT2D eigenvalue weighted by Crippen LogP contribution is 2.39. The predicted molar refractivity (Wildman–Crippen MR) is 60.7 cm³/mol. The lowest BCUT2D eigenvalue weighted by atomic mass is 10.1. The SMILES string of the molecule is Oc1c(Cl)cc(Cl)cc1-c1[nH]ncc1Cl. The fourth-order valence-electron chi connectivity index (χ4n) is 1.22. The molecule has 0 bridgehead atoms. The second kappa shape index (κ2) is 3.93. The van der Waals surface area contributed by atoms with Crippen LogP contribution in [0.5, 0.6) is 5.75 Å². The highest BCUT2D eigenvalue weighted by atomic mass is 35.5. The third kappa shape index (κ3) is 1.91. The molecule has 15 heavy (non-hydrogen) atoms. The highest BCUT2D eigenvalue weighted by Gasteiger charge is 2.14. The van der Waals surface area contributed by atoms with Crippen molar-refractivity contribution in [3.63, 3.8) is 0 Å². The van der Waals surface area contributed by atoms with Crippen LogP contribution in [-0.4, -0.2) is 15.3 Å². The first-order chi connectivity index (χ1) is 7.09. The van der Waals surface area contributed by atoms with E-state index in [1.807, 2.05) is 0 Å². The average Bonchev–Trinajstić information content (AvgIpc) is 2.58. The lowest BCUT2D eigenvalue weighted by Gasteiger charge is -2.05. The van der Waals surface area contributed by atoms with Gasteiger partial charge in [0.25, 0.3) is 0 Å². The summed E-state index contributed by atoms with van der Waals surface area (Å²) >= 11 is 17.5. The fourth-order valence-corrected chi connectivity index (χ4v) is 1.90. The Kier molecular flexibility index (Phi) is 2.78. The Morgan fingerprint density at radius 2 is 1.87 bits per heavy atom. The Balaban J connectivity index is 2.68. The molecule has 0 amide bonds. The first-order valence-electron chi connectivity index (χ1n) is 3.97. The van der Waals surface area contributed by atoms with E-state index in [1.54, 1.807) is 6.07 Å². The Hall–Kier alpha value is -0.900. The van der Waals surface area contributed by atoms with Crippen molar-refractivity contribution in [1.29, 1.82) is 0 Å². The van der Waals surface area contributed by atoms with Gasteiger partial charge in [-0.1, -0.05) is 34.8 Å². The number of aromatic amines is 1. The van der Waals surface area contributed by atoms with E-state index in [0.29, 0.717) is 21.3 Å². The molecule has 0 aliphatic carbocycles. The molecular weight excluding hydrogens is 258 g/mol. The molecule has 0 unspecified atom stereocenters. The third-order valence-electron chi connectivity index (χ3n) is 1.89. The molecule has 3 nitrogen and oxygen atoms in total. The summed E-state index contributed by atoms with van der Waals surface area (Å²) in [6, 6.07) is 3.01. The second-order valence-electron chi connectivity index (χ2n) is 2.88. The van der Waals surface area contributed by atoms with Gasteiger partial charge in [0.1, 0.15) is 5.75 Å². The number of nitrogens with zero attached hydrogens (tertiary/aromatic N) is 1. The molecule has 2 rings (SSSR count). The van der Waals surface area contributed by atoms with Crippen LogP contribution in [-0.2, 0) is 0 Å². The monoisotopic (exact) mass is 262 g/mol. The Morgan fingerprint density at radius 1 is 1.13 bits per heavy atom. The lowest BCUT2D eigenvalue weighted by molar-refractivity contribution is 0.477. The van der Waals surface area contributed by atoms with E-state index < -0.39 is 0 Å². The summed E-state index contributed by atoms with van der Waals surface area (Å²) in [5.41, 5.74) is 0.911. The molecule has 6 heteroatoms. The highest BCUT2D eigenvalue weighted by molar-refractivity contribution is 6.37. The van der Waals surface area contributed by atoms with Crippen molar-refractivity contribution >= 4 is 34.8 Å². The maximum atomic E-state index is 9.72. The second-order valence-corrected chi connectivity index (χ2v) is 4.13. The van der Waals surface area contributed by atoms with E-state index in [4.69, 9.17) is 34.8 Å². The smallest absolute Gasteiger partial charge is 0.143 e. The predicted octanol–water partition coefficient (Wildman–Crippen LogP) is 3.74. The van der Waals surface area contributed by atoms with Crippen LogP contribution in [0.15, 0.2) is 18.3 Å². The molecular formula is C9H5Cl3N2O. The van der Waals surface area contributed by atoms with E-state index in [0.717, 1.165) is 0 Å². The van der Waals surface area contributed by atoms with Gasteiger partial charge in [0.2, 0.25) is 0 Å². The van der Waals surface area contributed by atoms with Crippen molar-refractivity contribution in [2.24, 2.45) is 0 Å². The number of aromatic hydroxyl groups is 1. The number of H-pyrrole nitrogens is 1. The summed E-state index contributed by atoms with van der Waals surface area (Å²) in [7, 11) is 0. The van der Waals surface area contributed by atoms with E-state index in [1.165, 1.54) is 12.3 Å². The number of benzene rings is 1. The van der Waals surface area contributed by atoms with Crippen LogP contribution in [0, 0.1) is 0 Å². The number of rotatable bonds is 1. The molecule has 78 valence electrons. The van der Waals surface area contributed by atoms with Crippen LogP contribution in [0.25, 0.3) is 11.3 Å². The summed E-state index contributed by atoms with van der Waals surface area (Å²) in [5.74, 6) is -0.0767. The number of hydrogen-bond donors (Lipinski definition) is 2. The summed E-state index contributed by atoms with van der Waals surface area (Å²) in [4.78, 5) is 0. The van der Waals surface area contributed by atoms with Gasteiger partial charge in [-0.15, -0.1) is 0 Å². The van der Waals surface area contributed by atoms with Gasteiger partial charge >= 0.3 is 0 Å². The van der Waals surface area contributed by atoms with Crippen LogP contribution < -0.4 is 0 Å². The maximum absolute atomic E-state index is 9.72. The minimum absolute atomic E-state index is 0.0767. The van der Waals surface area contributed by atoms with Crippen molar-refractivity contribution in [2.45, 2.75) is 0 Å². The largest absolute Gasteiger partial charge is 0.506 e. The van der Waals surface area contributed by atoms with Gasteiger partial charge in [0.15, 0.2) is 0 Å². The first-order valence-corrected chi connectivity index (χ1v) is 5.10. The van der Waals surface area contributed by atoms with Crippen molar-refractivity contribution in [1.82, 2.24) is 10.2 Å². The number of hydrogen-bond acceptors (Lipinski definition) is 2. The lowest BCUT2D eigenvalue weighted by Crippen LogP contribution is -1.82. The molecule has 0 spiro atoms. The summed E-state index contributed by atoms with van der Waals surface area (Å²) in [6.07, 6.45) is 1.44. The fraction of sp³-hybridized carbons (Fsp3) is 0. The van der Waals surface area contributed by atoms with Gasteiger partial charge in [-0.25, -0.2) is 0 Å². The van der Waals surface area contributed by atoms with Crippen LogP contribution >= 0.6 is 34.8 Å². The quantitative estimate of drug-likeness (QED) is 0.823.